The number of ether oxygens (including phenoxy) is 1. The summed E-state index contributed by atoms with van der Waals surface area (Å²) in [5.41, 5.74) is -0.928. The summed E-state index contributed by atoms with van der Waals surface area (Å²) in [7, 11) is -2.04. The van der Waals surface area contributed by atoms with Crippen LogP contribution in [-0.4, -0.2) is 31.4 Å². The standard InChI is InChI=1S/C20H32O3Si/c1-7-20(22,8-2)18(15-19(21)23-9-3)16(4)24(5,6)17-13-11-10-12-14-17/h10-14,18,22H,4,7-9,15H2,1-3,5-6H3. The highest BCUT2D eigenvalue weighted by Crippen LogP contribution is 2.37. The van der Waals surface area contributed by atoms with Crippen molar-refractivity contribution in [3.63, 3.8) is 0 Å². The molecule has 1 aromatic carbocycles. The molecule has 0 aromatic heterocycles. The fraction of sp³-hybridized carbons (Fsp3) is 0.550. The lowest BCUT2D eigenvalue weighted by atomic mass is 9.80. The van der Waals surface area contributed by atoms with Crippen molar-refractivity contribution >= 4 is 19.2 Å². The third kappa shape index (κ3) is 4.58. The van der Waals surface area contributed by atoms with Crippen LogP contribution in [0.5, 0.6) is 0 Å². The van der Waals surface area contributed by atoms with Crippen molar-refractivity contribution in [3.05, 3.63) is 42.1 Å². The fourth-order valence-corrected chi connectivity index (χ4v) is 5.88. The molecule has 3 nitrogen and oxygen atoms in total. The summed E-state index contributed by atoms with van der Waals surface area (Å²) in [5, 5.41) is 13.4. The minimum Gasteiger partial charge on any atom is -0.466 e. The van der Waals surface area contributed by atoms with Crippen molar-refractivity contribution in [2.24, 2.45) is 5.92 Å². The van der Waals surface area contributed by atoms with Crippen molar-refractivity contribution in [1.29, 1.82) is 0 Å². The Hall–Kier alpha value is -1.39. The number of hydrogen-bond acceptors (Lipinski definition) is 3. The second-order valence-electron chi connectivity index (χ2n) is 6.89. The van der Waals surface area contributed by atoms with Crippen LogP contribution in [0.25, 0.3) is 0 Å². The van der Waals surface area contributed by atoms with Crippen molar-refractivity contribution in [3.8, 4) is 0 Å². The monoisotopic (exact) mass is 348 g/mol. The molecule has 0 bridgehead atoms. The smallest absolute Gasteiger partial charge is 0.306 e. The third-order valence-corrected chi connectivity index (χ3v) is 9.00. The number of rotatable bonds is 9. The van der Waals surface area contributed by atoms with Gasteiger partial charge in [-0.1, -0.05) is 67.7 Å². The topological polar surface area (TPSA) is 46.5 Å². The predicted octanol–water partition coefficient (Wildman–Crippen LogP) is 3.82. The minimum atomic E-state index is -2.04. The molecular weight excluding hydrogens is 316 g/mol. The van der Waals surface area contributed by atoms with E-state index in [0.29, 0.717) is 19.4 Å². The summed E-state index contributed by atoms with van der Waals surface area (Å²) >= 11 is 0. The molecule has 134 valence electrons. The first-order chi connectivity index (χ1) is 11.2. The molecule has 0 radical (unpaired) electrons. The molecule has 1 unspecified atom stereocenters. The molecule has 1 N–H and O–H groups in total. The molecule has 0 aliphatic rings. The average molecular weight is 349 g/mol. The maximum Gasteiger partial charge on any atom is 0.306 e. The maximum absolute atomic E-state index is 12.1. The minimum absolute atomic E-state index is 0.189. The second kappa shape index (κ2) is 8.63. The quantitative estimate of drug-likeness (QED) is 0.545. The van der Waals surface area contributed by atoms with Gasteiger partial charge >= 0.3 is 5.97 Å². The molecule has 0 aliphatic carbocycles. The van der Waals surface area contributed by atoms with Crippen LogP contribution in [0, 0.1) is 5.92 Å². The summed E-state index contributed by atoms with van der Waals surface area (Å²) in [6, 6.07) is 10.3. The van der Waals surface area contributed by atoms with Crippen molar-refractivity contribution in [2.75, 3.05) is 6.61 Å². The van der Waals surface area contributed by atoms with E-state index in [1.165, 1.54) is 5.19 Å². The predicted molar refractivity (Wildman–Crippen MR) is 103 cm³/mol. The summed E-state index contributed by atoms with van der Waals surface area (Å²) in [6.07, 6.45) is 1.37. The van der Waals surface area contributed by atoms with Crippen LogP contribution < -0.4 is 5.19 Å². The van der Waals surface area contributed by atoms with Crippen LogP contribution in [0.3, 0.4) is 0 Å². The number of esters is 1. The normalized spacial score (nSPS) is 13.4. The Balaban J connectivity index is 3.22. The van der Waals surface area contributed by atoms with Gasteiger partial charge < -0.3 is 9.84 Å². The summed E-state index contributed by atoms with van der Waals surface area (Å²) in [4.78, 5) is 12.1. The van der Waals surface area contributed by atoms with E-state index < -0.39 is 13.7 Å². The van der Waals surface area contributed by atoms with Gasteiger partial charge in [0.15, 0.2) is 0 Å². The zero-order valence-corrected chi connectivity index (χ0v) is 16.8. The highest BCUT2D eigenvalue weighted by Gasteiger charge is 2.42. The molecule has 0 aliphatic heterocycles. The molecule has 0 fully saturated rings. The molecule has 1 aromatic rings. The zero-order valence-electron chi connectivity index (χ0n) is 15.8. The molecule has 0 saturated carbocycles. The molecule has 1 atom stereocenters. The first kappa shape index (κ1) is 20.7. The molecule has 0 amide bonds. The van der Waals surface area contributed by atoms with Crippen LogP contribution in [-0.2, 0) is 9.53 Å². The van der Waals surface area contributed by atoms with E-state index >= 15 is 0 Å². The Bertz CT molecular complexity index is 547. The van der Waals surface area contributed by atoms with Gasteiger partial charge in [0.05, 0.1) is 18.6 Å². The van der Waals surface area contributed by atoms with Crippen molar-refractivity contribution in [1.82, 2.24) is 0 Å². The van der Waals surface area contributed by atoms with E-state index in [9.17, 15) is 9.90 Å². The van der Waals surface area contributed by atoms with Gasteiger partial charge in [0.25, 0.3) is 0 Å². The number of aliphatic hydroxyl groups is 1. The van der Waals surface area contributed by atoms with E-state index in [-0.39, 0.29) is 18.3 Å². The van der Waals surface area contributed by atoms with Crippen molar-refractivity contribution < 1.29 is 14.6 Å². The first-order valence-electron chi connectivity index (χ1n) is 8.85. The van der Waals surface area contributed by atoms with Crippen molar-refractivity contribution in [2.45, 2.75) is 58.7 Å². The SMILES string of the molecule is C=C(C(CC(=O)OCC)C(O)(CC)CC)[Si](C)(C)c1ccccc1. The molecule has 0 spiro atoms. The number of benzene rings is 1. The van der Waals surface area contributed by atoms with Crippen LogP contribution in [0.2, 0.25) is 13.1 Å². The fourth-order valence-electron chi connectivity index (χ4n) is 3.24. The summed E-state index contributed by atoms with van der Waals surface area (Å²) < 4.78 is 5.15. The number of hydrogen-bond donors (Lipinski definition) is 1. The molecule has 0 heterocycles. The third-order valence-electron chi connectivity index (χ3n) is 5.27. The van der Waals surface area contributed by atoms with Crippen LogP contribution in [0.15, 0.2) is 42.1 Å². The number of carbonyl (C=O) groups excluding carboxylic acids is 1. The molecule has 0 saturated heterocycles. The maximum atomic E-state index is 12.1. The Morgan fingerprint density at radius 2 is 1.75 bits per heavy atom. The Morgan fingerprint density at radius 1 is 1.21 bits per heavy atom. The zero-order chi connectivity index (χ0) is 18.4. The van der Waals surface area contributed by atoms with Crippen LogP contribution in [0.4, 0.5) is 0 Å². The summed E-state index contributed by atoms with van der Waals surface area (Å²) in [5.74, 6) is -0.546. The van der Waals surface area contributed by atoms with E-state index in [4.69, 9.17) is 4.74 Å². The largest absolute Gasteiger partial charge is 0.466 e. The van der Waals surface area contributed by atoms with Gasteiger partial charge in [-0.05, 0) is 19.8 Å². The van der Waals surface area contributed by atoms with Gasteiger partial charge in [0.1, 0.15) is 8.07 Å². The molecular formula is C20H32O3Si. The highest BCUT2D eigenvalue weighted by atomic mass is 28.3. The van der Waals surface area contributed by atoms with Crippen LogP contribution in [0.1, 0.15) is 40.0 Å². The average Bonchev–Trinajstić information content (AvgIpc) is 2.59. The highest BCUT2D eigenvalue weighted by molar-refractivity contribution is 6.95. The van der Waals surface area contributed by atoms with E-state index in [2.05, 4.69) is 31.8 Å². The van der Waals surface area contributed by atoms with E-state index in [1.54, 1.807) is 6.92 Å². The molecule has 24 heavy (non-hydrogen) atoms. The Labute approximate surface area is 147 Å². The molecule has 1 rings (SSSR count). The first-order valence-corrected chi connectivity index (χ1v) is 11.9. The van der Waals surface area contributed by atoms with E-state index in [0.717, 1.165) is 5.20 Å². The van der Waals surface area contributed by atoms with Gasteiger partial charge in [0, 0.05) is 5.92 Å². The summed E-state index contributed by atoms with van der Waals surface area (Å²) in [6.45, 7) is 14.9. The Kier molecular flexibility index (Phi) is 7.43. The number of carbonyl (C=O) groups is 1. The van der Waals surface area contributed by atoms with Gasteiger partial charge in [-0.15, -0.1) is 6.58 Å². The Morgan fingerprint density at radius 3 is 2.21 bits per heavy atom. The van der Waals surface area contributed by atoms with Gasteiger partial charge in [-0.25, -0.2) is 0 Å². The second-order valence-corrected chi connectivity index (χ2v) is 11.4. The lowest BCUT2D eigenvalue weighted by Gasteiger charge is -2.41. The lowest BCUT2D eigenvalue weighted by molar-refractivity contribution is -0.146. The van der Waals surface area contributed by atoms with Gasteiger partial charge in [-0.3, -0.25) is 4.79 Å². The van der Waals surface area contributed by atoms with Gasteiger partial charge in [-0.2, -0.15) is 0 Å². The molecule has 4 heteroatoms. The van der Waals surface area contributed by atoms with Crippen LogP contribution >= 0.6 is 0 Å². The van der Waals surface area contributed by atoms with Gasteiger partial charge in [0.2, 0.25) is 0 Å². The van der Waals surface area contributed by atoms with E-state index in [1.807, 2.05) is 32.0 Å². The lowest BCUT2D eigenvalue weighted by Crippen LogP contribution is -2.51.